The van der Waals surface area contributed by atoms with Gasteiger partial charge in [0.25, 0.3) is 11.6 Å². The third-order valence-corrected chi connectivity index (χ3v) is 3.21. The van der Waals surface area contributed by atoms with Crippen LogP contribution in [0.3, 0.4) is 0 Å². The first kappa shape index (κ1) is 16.4. The Kier molecular flexibility index (Phi) is 4.92. The maximum absolute atomic E-state index is 12.2. The van der Waals surface area contributed by atoms with Crippen molar-refractivity contribution < 1.29 is 19.2 Å². The first-order valence-electron chi connectivity index (χ1n) is 6.36. The average Bonchev–Trinajstić information content (AvgIpc) is 2.55. The lowest BCUT2D eigenvalue weighted by atomic mass is 10.1. The molecule has 1 N–H and O–H groups in total. The molecular formula is C15H11ClN2O5. The van der Waals surface area contributed by atoms with Crippen LogP contribution in [0.2, 0.25) is 5.02 Å². The quantitative estimate of drug-likeness (QED) is 0.525. The third-order valence-electron chi connectivity index (χ3n) is 2.96. The summed E-state index contributed by atoms with van der Waals surface area (Å²) in [6, 6.07) is 9.77. The van der Waals surface area contributed by atoms with Crippen LogP contribution < -0.4 is 5.32 Å². The monoisotopic (exact) mass is 334 g/mol. The predicted molar refractivity (Wildman–Crippen MR) is 83.8 cm³/mol. The Labute approximate surface area is 136 Å². The van der Waals surface area contributed by atoms with E-state index in [1.807, 2.05) is 0 Å². The summed E-state index contributed by atoms with van der Waals surface area (Å²) < 4.78 is 4.50. The van der Waals surface area contributed by atoms with Gasteiger partial charge in [0.05, 0.1) is 17.6 Å². The van der Waals surface area contributed by atoms with Crippen LogP contribution >= 0.6 is 11.6 Å². The van der Waals surface area contributed by atoms with Gasteiger partial charge in [0, 0.05) is 16.8 Å². The average molecular weight is 335 g/mol. The molecule has 0 aliphatic heterocycles. The van der Waals surface area contributed by atoms with Gasteiger partial charge in [-0.1, -0.05) is 11.6 Å². The zero-order chi connectivity index (χ0) is 17.0. The lowest BCUT2D eigenvalue weighted by molar-refractivity contribution is -0.385. The lowest BCUT2D eigenvalue weighted by Gasteiger charge is -2.07. The molecule has 0 spiro atoms. The molecule has 23 heavy (non-hydrogen) atoms. The van der Waals surface area contributed by atoms with Crippen LogP contribution in [-0.2, 0) is 4.74 Å². The number of carbonyl (C=O) groups excluding carboxylic acids is 2. The summed E-state index contributed by atoms with van der Waals surface area (Å²) >= 11 is 5.75. The highest BCUT2D eigenvalue weighted by Gasteiger charge is 2.22. The topological polar surface area (TPSA) is 98.5 Å². The summed E-state index contributed by atoms with van der Waals surface area (Å²) in [4.78, 5) is 34.1. The van der Waals surface area contributed by atoms with Gasteiger partial charge in [0.1, 0.15) is 5.56 Å². The minimum absolute atomic E-state index is 0.0118. The highest BCUT2D eigenvalue weighted by atomic mass is 35.5. The number of hydrogen-bond donors (Lipinski definition) is 1. The summed E-state index contributed by atoms with van der Waals surface area (Å²) in [5.41, 5.74) is -0.232. The van der Waals surface area contributed by atoms with Crippen molar-refractivity contribution in [3.05, 3.63) is 68.7 Å². The number of amides is 1. The van der Waals surface area contributed by atoms with Gasteiger partial charge in [-0.2, -0.15) is 0 Å². The number of nitrogens with one attached hydrogen (secondary N) is 1. The number of halogens is 1. The molecule has 2 aromatic rings. The van der Waals surface area contributed by atoms with Crippen molar-refractivity contribution in [2.24, 2.45) is 0 Å². The van der Waals surface area contributed by atoms with Crippen LogP contribution in [0.1, 0.15) is 20.7 Å². The molecule has 7 nitrogen and oxygen atoms in total. The van der Waals surface area contributed by atoms with Crippen LogP contribution in [0, 0.1) is 10.1 Å². The van der Waals surface area contributed by atoms with Gasteiger partial charge in [-0.25, -0.2) is 4.79 Å². The maximum Gasteiger partial charge on any atom is 0.338 e. The Bertz CT molecular complexity index is 774. The molecule has 0 radical (unpaired) electrons. The number of anilines is 1. The zero-order valence-electron chi connectivity index (χ0n) is 11.9. The number of carbonyl (C=O) groups is 2. The summed E-state index contributed by atoms with van der Waals surface area (Å²) in [5.74, 6) is -1.40. The number of nitro benzene ring substituents is 1. The zero-order valence-corrected chi connectivity index (χ0v) is 12.7. The summed E-state index contributed by atoms with van der Waals surface area (Å²) in [6.07, 6.45) is 0. The number of hydrogen-bond acceptors (Lipinski definition) is 5. The largest absolute Gasteiger partial charge is 0.465 e. The molecule has 0 bridgehead atoms. The van der Waals surface area contributed by atoms with Crippen LogP contribution in [-0.4, -0.2) is 23.9 Å². The molecule has 0 aromatic heterocycles. The SMILES string of the molecule is COC(=O)c1ccc(C(=O)Nc2ccc(Cl)cc2)c([N+](=O)[O-])c1. The molecular weight excluding hydrogens is 324 g/mol. The van der Waals surface area contributed by atoms with E-state index in [0.29, 0.717) is 10.7 Å². The van der Waals surface area contributed by atoms with Crippen molar-refractivity contribution in [2.75, 3.05) is 12.4 Å². The van der Waals surface area contributed by atoms with Crippen molar-refractivity contribution in [1.82, 2.24) is 0 Å². The molecule has 0 fully saturated rings. The number of nitro groups is 1. The maximum atomic E-state index is 12.2. The fourth-order valence-electron chi connectivity index (χ4n) is 1.85. The minimum atomic E-state index is -0.733. The van der Waals surface area contributed by atoms with Crippen molar-refractivity contribution in [1.29, 1.82) is 0 Å². The second-order valence-electron chi connectivity index (χ2n) is 4.44. The Morgan fingerprint density at radius 3 is 2.39 bits per heavy atom. The highest BCUT2D eigenvalue weighted by Crippen LogP contribution is 2.23. The van der Waals surface area contributed by atoms with Crippen LogP contribution in [0.25, 0.3) is 0 Å². The molecule has 0 saturated carbocycles. The Balaban J connectivity index is 2.33. The van der Waals surface area contributed by atoms with Gasteiger partial charge in [0.2, 0.25) is 0 Å². The van der Waals surface area contributed by atoms with Gasteiger partial charge >= 0.3 is 5.97 Å². The molecule has 8 heteroatoms. The Morgan fingerprint density at radius 1 is 1.17 bits per heavy atom. The standard InChI is InChI=1S/C15H11ClN2O5/c1-23-15(20)9-2-7-12(13(8-9)18(21)22)14(19)17-11-5-3-10(16)4-6-11/h2-8H,1H3,(H,17,19). The lowest BCUT2D eigenvalue weighted by Crippen LogP contribution is -2.14. The molecule has 1 amide bonds. The number of methoxy groups -OCH3 is 1. The van der Waals surface area contributed by atoms with Gasteiger partial charge in [0.15, 0.2) is 0 Å². The first-order valence-corrected chi connectivity index (χ1v) is 6.74. The predicted octanol–water partition coefficient (Wildman–Crippen LogP) is 3.29. The van der Waals surface area contributed by atoms with E-state index in [2.05, 4.69) is 10.1 Å². The van der Waals surface area contributed by atoms with E-state index in [9.17, 15) is 19.7 Å². The van der Waals surface area contributed by atoms with Crippen molar-refractivity contribution in [3.8, 4) is 0 Å². The van der Waals surface area contributed by atoms with E-state index in [0.717, 1.165) is 13.2 Å². The molecule has 0 atom stereocenters. The second kappa shape index (κ2) is 6.89. The third kappa shape index (κ3) is 3.83. The van der Waals surface area contributed by atoms with Gasteiger partial charge < -0.3 is 10.1 Å². The fourth-order valence-corrected chi connectivity index (χ4v) is 1.98. The number of rotatable bonds is 4. The van der Waals surface area contributed by atoms with Crippen molar-refractivity contribution >= 4 is 34.9 Å². The molecule has 0 aliphatic rings. The Hall–Kier alpha value is -2.93. The second-order valence-corrected chi connectivity index (χ2v) is 4.88. The number of benzene rings is 2. The molecule has 0 saturated heterocycles. The number of ether oxygens (including phenoxy) is 1. The van der Waals surface area contributed by atoms with Gasteiger partial charge in [-0.05, 0) is 36.4 Å². The minimum Gasteiger partial charge on any atom is -0.465 e. The molecule has 0 aliphatic carbocycles. The van der Waals surface area contributed by atoms with Gasteiger partial charge in [-0.3, -0.25) is 14.9 Å². The van der Waals surface area contributed by atoms with Crippen molar-refractivity contribution in [2.45, 2.75) is 0 Å². The fraction of sp³-hybridized carbons (Fsp3) is 0.0667. The van der Waals surface area contributed by atoms with Crippen LogP contribution in [0.15, 0.2) is 42.5 Å². The molecule has 0 unspecified atom stereocenters. The highest BCUT2D eigenvalue weighted by molar-refractivity contribution is 6.30. The summed E-state index contributed by atoms with van der Waals surface area (Å²) in [5, 5.41) is 14.2. The summed E-state index contributed by atoms with van der Waals surface area (Å²) in [7, 11) is 1.16. The Morgan fingerprint density at radius 2 is 1.83 bits per heavy atom. The van der Waals surface area contributed by atoms with E-state index < -0.39 is 22.5 Å². The van der Waals surface area contributed by atoms with Crippen LogP contribution in [0.4, 0.5) is 11.4 Å². The van der Waals surface area contributed by atoms with E-state index in [1.54, 1.807) is 24.3 Å². The van der Waals surface area contributed by atoms with E-state index in [-0.39, 0.29) is 11.1 Å². The molecule has 0 heterocycles. The van der Waals surface area contributed by atoms with E-state index in [4.69, 9.17) is 11.6 Å². The smallest absolute Gasteiger partial charge is 0.338 e. The summed E-state index contributed by atoms with van der Waals surface area (Å²) in [6.45, 7) is 0. The number of esters is 1. The van der Waals surface area contributed by atoms with Crippen molar-refractivity contribution in [3.63, 3.8) is 0 Å². The van der Waals surface area contributed by atoms with E-state index >= 15 is 0 Å². The van der Waals surface area contributed by atoms with E-state index in [1.165, 1.54) is 12.1 Å². The first-order chi connectivity index (χ1) is 10.9. The normalized spacial score (nSPS) is 10.0. The molecule has 2 rings (SSSR count). The molecule has 2 aromatic carbocycles. The number of nitrogens with zero attached hydrogens (tertiary/aromatic N) is 1. The molecule has 118 valence electrons. The van der Waals surface area contributed by atoms with Gasteiger partial charge in [-0.15, -0.1) is 0 Å². The van der Waals surface area contributed by atoms with Crippen LogP contribution in [0.5, 0.6) is 0 Å².